The lowest BCUT2D eigenvalue weighted by Crippen LogP contribution is -2.05. The van der Waals surface area contributed by atoms with Crippen LogP contribution in [0.4, 0.5) is 0 Å². The second-order valence-electron chi connectivity index (χ2n) is 7.61. The Morgan fingerprint density at radius 1 is 0.920 bits per heavy atom. The summed E-state index contributed by atoms with van der Waals surface area (Å²) in [5, 5.41) is 0. The number of hydrogen-bond acceptors (Lipinski definition) is 3. The molecule has 0 saturated carbocycles. The van der Waals surface area contributed by atoms with Gasteiger partial charge in [-0.1, -0.05) is 78.4 Å². The third-order valence-electron chi connectivity index (χ3n) is 5.14. The van der Waals surface area contributed by atoms with Crippen LogP contribution in [0.25, 0.3) is 0 Å². The van der Waals surface area contributed by atoms with Gasteiger partial charge in [-0.2, -0.15) is 8.42 Å². The zero-order valence-electron chi connectivity index (χ0n) is 16.6. The van der Waals surface area contributed by atoms with E-state index in [1.807, 2.05) is 12.1 Å². The molecule has 0 aliphatic rings. The van der Waals surface area contributed by atoms with E-state index in [0.29, 0.717) is 11.8 Å². The van der Waals surface area contributed by atoms with E-state index in [-0.39, 0.29) is 4.90 Å². The summed E-state index contributed by atoms with van der Waals surface area (Å²) >= 11 is 0. The Morgan fingerprint density at radius 3 is 2.00 bits per heavy atom. The Bertz CT molecular complexity index is 578. The van der Waals surface area contributed by atoms with Crippen molar-refractivity contribution in [2.45, 2.75) is 83.5 Å². The number of unbranched alkanes of at least 4 members (excludes halogenated alkanes) is 1. The lowest BCUT2D eigenvalue weighted by molar-refractivity contribution is 0.397. The first-order valence-corrected chi connectivity index (χ1v) is 11.1. The second-order valence-corrected chi connectivity index (χ2v) is 9.32. The van der Waals surface area contributed by atoms with Crippen molar-refractivity contribution >= 4 is 10.1 Å². The molecule has 0 aliphatic carbocycles. The largest absolute Gasteiger partial charge is 0.296 e. The molecule has 3 unspecified atom stereocenters. The van der Waals surface area contributed by atoms with Gasteiger partial charge in [-0.05, 0) is 41.9 Å². The van der Waals surface area contributed by atoms with Crippen LogP contribution in [0, 0.1) is 11.8 Å². The summed E-state index contributed by atoms with van der Waals surface area (Å²) in [6.45, 7) is 9.18. The maximum Gasteiger partial charge on any atom is 0.296 e. The minimum Gasteiger partial charge on any atom is -0.270 e. The Balaban J connectivity index is 2.41. The molecule has 0 N–H and O–H groups in total. The highest BCUT2D eigenvalue weighted by Crippen LogP contribution is 2.27. The van der Waals surface area contributed by atoms with Gasteiger partial charge in [0.1, 0.15) is 0 Å². The van der Waals surface area contributed by atoms with Crippen LogP contribution in [0.15, 0.2) is 29.2 Å². The molecule has 0 aliphatic heterocycles. The molecule has 1 rings (SSSR count). The van der Waals surface area contributed by atoms with Gasteiger partial charge in [-0.3, -0.25) is 4.18 Å². The second kappa shape index (κ2) is 11.0. The lowest BCUT2D eigenvalue weighted by atomic mass is 9.88. The third-order valence-corrected chi connectivity index (χ3v) is 6.43. The van der Waals surface area contributed by atoms with Crippen molar-refractivity contribution in [3.63, 3.8) is 0 Å². The normalized spacial score (nSPS) is 15.7. The molecule has 0 saturated heterocycles. The zero-order valence-corrected chi connectivity index (χ0v) is 17.4. The van der Waals surface area contributed by atoms with Gasteiger partial charge in [0.05, 0.1) is 12.0 Å². The van der Waals surface area contributed by atoms with Crippen molar-refractivity contribution in [3.8, 4) is 0 Å². The lowest BCUT2D eigenvalue weighted by Gasteiger charge is -2.18. The van der Waals surface area contributed by atoms with E-state index < -0.39 is 10.1 Å². The predicted molar refractivity (Wildman–Crippen MR) is 105 cm³/mol. The van der Waals surface area contributed by atoms with Gasteiger partial charge in [0, 0.05) is 0 Å². The van der Waals surface area contributed by atoms with Gasteiger partial charge in [-0.25, -0.2) is 0 Å². The molecule has 0 spiro atoms. The van der Waals surface area contributed by atoms with E-state index >= 15 is 0 Å². The van der Waals surface area contributed by atoms with Crippen LogP contribution in [-0.4, -0.2) is 15.5 Å². The van der Waals surface area contributed by atoms with Crippen molar-refractivity contribution in [3.05, 3.63) is 29.8 Å². The van der Waals surface area contributed by atoms with Crippen molar-refractivity contribution < 1.29 is 12.6 Å². The van der Waals surface area contributed by atoms with Gasteiger partial charge in [-0.15, -0.1) is 0 Å². The van der Waals surface area contributed by atoms with E-state index in [1.165, 1.54) is 51.2 Å². The zero-order chi connectivity index (χ0) is 18.9. The molecule has 1 aromatic rings. The number of rotatable bonds is 12. The first-order valence-electron chi connectivity index (χ1n) is 9.70. The summed E-state index contributed by atoms with van der Waals surface area (Å²) in [6.07, 6.45) is 9.06. The fourth-order valence-corrected chi connectivity index (χ4v) is 4.20. The molecular weight excluding hydrogens is 332 g/mol. The molecule has 1 aromatic carbocycles. The first kappa shape index (κ1) is 22.2. The smallest absolute Gasteiger partial charge is 0.270 e. The van der Waals surface area contributed by atoms with Crippen molar-refractivity contribution in [1.82, 2.24) is 0 Å². The minimum atomic E-state index is -3.59. The van der Waals surface area contributed by atoms with Gasteiger partial charge < -0.3 is 0 Å². The summed E-state index contributed by atoms with van der Waals surface area (Å²) in [4.78, 5) is 0.222. The van der Waals surface area contributed by atoms with E-state index in [1.54, 1.807) is 12.1 Å². The Kier molecular flexibility index (Phi) is 9.73. The molecular formula is C21H36O3S. The molecule has 0 amide bonds. The van der Waals surface area contributed by atoms with E-state index in [0.717, 1.165) is 12.3 Å². The molecule has 25 heavy (non-hydrogen) atoms. The quantitative estimate of drug-likeness (QED) is 0.328. The molecule has 0 fully saturated rings. The molecule has 0 aromatic heterocycles. The topological polar surface area (TPSA) is 43.4 Å². The average Bonchev–Trinajstić information content (AvgIpc) is 2.59. The predicted octanol–water partition coefficient (Wildman–Crippen LogP) is 6.15. The Labute approximate surface area is 155 Å². The van der Waals surface area contributed by atoms with Gasteiger partial charge >= 0.3 is 0 Å². The fraction of sp³-hybridized carbons (Fsp3) is 0.714. The van der Waals surface area contributed by atoms with Crippen molar-refractivity contribution in [2.24, 2.45) is 11.8 Å². The first-order chi connectivity index (χ1) is 11.8. The molecule has 0 bridgehead atoms. The fourth-order valence-electron chi connectivity index (χ4n) is 3.54. The van der Waals surface area contributed by atoms with Crippen LogP contribution in [-0.2, 0) is 14.3 Å². The summed E-state index contributed by atoms with van der Waals surface area (Å²) in [6, 6.07) is 7.11. The van der Waals surface area contributed by atoms with E-state index in [2.05, 4.69) is 31.9 Å². The van der Waals surface area contributed by atoms with Crippen LogP contribution >= 0.6 is 0 Å². The standard InChI is InChI=1S/C21H36O3S/c1-6-9-17(2)10-7-8-11-18(3)16-19(4)20-12-14-21(15-13-20)25(22,23)24-5/h12-15,17-19H,6-11,16H2,1-5H3. The van der Waals surface area contributed by atoms with Crippen molar-refractivity contribution in [1.29, 1.82) is 0 Å². The van der Waals surface area contributed by atoms with Crippen LogP contribution in [0.5, 0.6) is 0 Å². The maximum absolute atomic E-state index is 11.7. The Morgan fingerprint density at radius 2 is 1.48 bits per heavy atom. The number of hydrogen-bond donors (Lipinski definition) is 0. The van der Waals surface area contributed by atoms with E-state index in [9.17, 15) is 8.42 Å². The average molecular weight is 369 g/mol. The van der Waals surface area contributed by atoms with Crippen LogP contribution in [0.2, 0.25) is 0 Å². The Hall–Kier alpha value is -0.870. The number of benzene rings is 1. The van der Waals surface area contributed by atoms with Gasteiger partial charge in [0.25, 0.3) is 10.1 Å². The minimum absolute atomic E-state index is 0.222. The molecule has 0 radical (unpaired) electrons. The summed E-state index contributed by atoms with van der Waals surface area (Å²) in [5.74, 6) is 1.99. The summed E-state index contributed by atoms with van der Waals surface area (Å²) in [5.41, 5.74) is 1.19. The molecule has 0 heterocycles. The highest BCUT2D eigenvalue weighted by molar-refractivity contribution is 7.86. The van der Waals surface area contributed by atoms with Gasteiger partial charge in [0.2, 0.25) is 0 Å². The van der Waals surface area contributed by atoms with Crippen LogP contribution in [0.3, 0.4) is 0 Å². The molecule has 3 nitrogen and oxygen atoms in total. The highest BCUT2D eigenvalue weighted by atomic mass is 32.2. The molecule has 3 atom stereocenters. The van der Waals surface area contributed by atoms with Crippen molar-refractivity contribution in [2.75, 3.05) is 7.11 Å². The van der Waals surface area contributed by atoms with Gasteiger partial charge in [0.15, 0.2) is 0 Å². The van der Waals surface area contributed by atoms with E-state index in [4.69, 9.17) is 0 Å². The summed E-state index contributed by atoms with van der Waals surface area (Å²) in [7, 11) is -2.40. The SMILES string of the molecule is CCCC(C)CCCCC(C)CC(C)c1ccc(S(=O)(=O)OC)cc1. The highest BCUT2D eigenvalue weighted by Gasteiger charge is 2.15. The van der Waals surface area contributed by atoms with Crippen LogP contribution < -0.4 is 0 Å². The third kappa shape index (κ3) is 7.91. The molecule has 144 valence electrons. The van der Waals surface area contributed by atoms with Crippen LogP contribution in [0.1, 0.15) is 84.1 Å². The monoisotopic (exact) mass is 368 g/mol. The maximum atomic E-state index is 11.7. The summed E-state index contributed by atoms with van der Waals surface area (Å²) < 4.78 is 27.9. The molecule has 4 heteroatoms.